The number of hydrogen-bond donors (Lipinski definition) is 2. The summed E-state index contributed by atoms with van der Waals surface area (Å²) < 4.78 is 13.0. The van der Waals surface area contributed by atoms with Crippen LogP contribution in [0.3, 0.4) is 0 Å². The van der Waals surface area contributed by atoms with Crippen LogP contribution in [0.4, 0.5) is 4.39 Å². The van der Waals surface area contributed by atoms with Crippen molar-refractivity contribution in [3.63, 3.8) is 0 Å². The van der Waals surface area contributed by atoms with Crippen LogP contribution >= 0.6 is 11.8 Å². The molecule has 5 heteroatoms. The molecule has 0 heterocycles. The first-order valence-corrected chi connectivity index (χ1v) is 6.47. The fraction of sp³-hybridized carbons (Fsp3) is 0.0769. The predicted octanol–water partition coefficient (Wildman–Crippen LogP) is 1.80. The Labute approximate surface area is 110 Å². The van der Waals surface area contributed by atoms with Gasteiger partial charge >= 0.3 is 7.12 Å². The molecular formula is C13H12BFO2S. The molecule has 0 aliphatic carbocycles. The molecule has 0 saturated carbocycles. The van der Waals surface area contributed by atoms with Crippen molar-refractivity contribution >= 4 is 24.3 Å². The fourth-order valence-corrected chi connectivity index (χ4v) is 2.45. The van der Waals surface area contributed by atoms with Gasteiger partial charge < -0.3 is 10.0 Å². The summed E-state index contributed by atoms with van der Waals surface area (Å²) in [7, 11) is -1.45. The van der Waals surface area contributed by atoms with Crippen molar-refractivity contribution in [3.05, 3.63) is 59.9 Å². The van der Waals surface area contributed by atoms with E-state index in [1.165, 1.54) is 23.9 Å². The molecule has 2 N–H and O–H groups in total. The van der Waals surface area contributed by atoms with Gasteiger partial charge in [-0.15, -0.1) is 11.8 Å². The second kappa shape index (κ2) is 6.04. The quantitative estimate of drug-likeness (QED) is 0.652. The lowest BCUT2D eigenvalue weighted by atomic mass is 9.80. The first kappa shape index (κ1) is 13.1. The monoisotopic (exact) mass is 262 g/mol. The molecule has 0 radical (unpaired) electrons. The third-order valence-corrected chi connectivity index (χ3v) is 3.52. The van der Waals surface area contributed by atoms with E-state index in [0.29, 0.717) is 11.2 Å². The van der Waals surface area contributed by atoms with Crippen LogP contribution < -0.4 is 5.46 Å². The maximum atomic E-state index is 13.0. The summed E-state index contributed by atoms with van der Waals surface area (Å²) in [6, 6.07) is 13.5. The minimum Gasteiger partial charge on any atom is -0.423 e. The molecule has 0 aliphatic rings. The fourth-order valence-electron chi connectivity index (χ4n) is 1.57. The third-order valence-electron chi connectivity index (χ3n) is 2.45. The smallest absolute Gasteiger partial charge is 0.423 e. The molecule has 0 bridgehead atoms. The zero-order valence-corrected chi connectivity index (χ0v) is 10.4. The van der Waals surface area contributed by atoms with E-state index in [0.717, 1.165) is 10.5 Å². The van der Waals surface area contributed by atoms with Gasteiger partial charge in [-0.2, -0.15) is 0 Å². The standard InChI is InChI=1S/C13H12BFO2S/c15-12-5-2-6-13(8-12)18-9-10-3-1-4-11(7-10)14(16)17/h1-8,16-17H,9H2. The van der Waals surface area contributed by atoms with Crippen molar-refractivity contribution in [2.45, 2.75) is 10.6 Å². The van der Waals surface area contributed by atoms with Gasteiger partial charge in [0.2, 0.25) is 0 Å². The maximum absolute atomic E-state index is 13.0. The van der Waals surface area contributed by atoms with Crippen molar-refractivity contribution in [1.82, 2.24) is 0 Å². The number of rotatable bonds is 4. The lowest BCUT2D eigenvalue weighted by Gasteiger charge is -2.05. The minimum atomic E-state index is -1.45. The molecule has 0 fully saturated rings. The molecule has 0 aromatic heterocycles. The van der Waals surface area contributed by atoms with Crippen LogP contribution in [0.15, 0.2) is 53.4 Å². The van der Waals surface area contributed by atoms with Crippen LogP contribution in [0.1, 0.15) is 5.56 Å². The van der Waals surface area contributed by atoms with Crippen molar-refractivity contribution in [1.29, 1.82) is 0 Å². The largest absolute Gasteiger partial charge is 0.488 e. The van der Waals surface area contributed by atoms with Crippen LogP contribution in [0.25, 0.3) is 0 Å². The normalized spacial score (nSPS) is 10.4. The number of benzene rings is 2. The van der Waals surface area contributed by atoms with Crippen LogP contribution in [0.5, 0.6) is 0 Å². The molecular weight excluding hydrogens is 250 g/mol. The van der Waals surface area contributed by atoms with E-state index in [1.54, 1.807) is 24.3 Å². The highest BCUT2D eigenvalue weighted by molar-refractivity contribution is 7.98. The Morgan fingerprint density at radius 3 is 2.56 bits per heavy atom. The van der Waals surface area contributed by atoms with Gasteiger partial charge in [0.15, 0.2) is 0 Å². The highest BCUT2D eigenvalue weighted by Crippen LogP contribution is 2.22. The van der Waals surface area contributed by atoms with Crippen molar-refractivity contribution in [3.8, 4) is 0 Å². The summed E-state index contributed by atoms with van der Waals surface area (Å²) in [6.45, 7) is 0. The zero-order chi connectivity index (χ0) is 13.0. The first-order chi connectivity index (χ1) is 8.65. The molecule has 92 valence electrons. The second-order valence-corrected chi connectivity index (χ2v) is 4.91. The summed E-state index contributed by atoms with van der Waals surface area (Å²) in [5.74, 6) is 0.406. The lowest BCUT2D eigenvalue weighted by Crippen LogP contribution is -2.29. The molecule has 18 heavy (non-hydrogen) atoms. The van der Waals surface area contributed by atoms with Gasteiger partial charge in [0.25, 0.3) is 0 Å². The molecule has 2 aromatic carbocycles. The van der Waals surface area contributed by atoms with Crippen LogP contribution in [-0.4, -0.2) is 17.2 Å². The molecule has 0 spiro atoms. The highest BCUT2D eigenvalue weighted by Gasteiger charge is 2.10. The Balaban J connectivity index is 2.04. The summed E-state index contributed by atoms with van der Waals surface area (Å²) in [5.41, 5.74) is 1.43. The maximum Gasteiger partial charge on any atom is 0.488 e. The summed E-state index contributed by atoms with van der Waals surface area (Å²) in [4.78, 5) is 0.852. The van der Waals surface area contributed by atoms with Gasteiger partial charge in [0, 0.05) is 10.6 Å². The number of thioether (sulfide) groups is 1. The van der Waals surface area contributed by atoms with Gasteiger partial charge in [-0.25, -0.2) is 4.39 Å². The Bertz CT molecular complexity index is 534. The van der Waals surface area contributed by atoms with E-state index in [-0.39, 0.29) is 5.82 Å². The van der Waals surface area contributed by atoms with Gasteiger partial charge in [-0.1, -0.05) is 30.3 Å². The van der Waals surface area contributed by atoms with Crippen molar-refractivity contribution in [2.24, 2.45) is 0 Å². The topological polar surface area (TPSA) is 40.5 Å². The Morgan fingerprint density at radius 1 is 1.06 bits per heavy atom. The zero-order valence-electron chi connectivity index (χ0n) is 9.58. The van der Waals surface area contributed by atoms with E-state index < -0.39 is 7.12 Å². The molecule has 0 saturated heterocycles. The van der Waals surface area contributed by atoms with Crippen LogP contribution in [0.2, 0.25) is 0 Å². The van der Waals surface area contributed by atoms with Crippen LogP contribution in [0, 0.1) is 5.82 Å². The summed E-state index contributed by atoms with van der Waals surface area (Å²) in [6.07, 6.45) is 0. The second-order valence-electron chi connectivity index (χ2n) is 3.86. The van der Waals surface area contributed by atoms with Gasteiger partial charge in [-0.3, -0.25) is 0 Å². The minimum absolute atomic E-state index is 0.250. The van der Waals surface area contributed by atoms with E-state index in [2.05, 4.69) is 0 Å². The van der Waals surface area contributed by atoms with E-state index in [9.17, 15) is 4.39 Å². The van der Waals surface area contributed by atoms with E-state index in [4.69, 9.17) is 10.0 Å². The third kappa shape index (κ3) is 3.60. The lowest BCUT2D eigenvalue weighted by molar-refractivity contribution is 0.425. The number of hydrogen-bond acceptors (Lipinski definition) is 3. The molecule has 2 aromatic rings. The average Bonchev–Trinajstić information content (AvgIpc) is 2.37. The molecule has 0 atom stereocenters. The predicted molar refractivity (Wildman–Crippen MR) is 72.2 cm³/mol. The SMILES string of the molecule is OB(O)c1cccc(CSc2cccc(F)c2)c1. The van der Waals surface area contributed by atoms with E-state index in [1.807, 2.05) is 12.1 Å². The molecule has 2 nitrogen and oxygen atoms in total. The van der Waals surface area contributed by atoms with Crippen molar-refractivity contribution in [2.75, 3.05) is 0 Å². The van der Waals surface area contributed by atoms with Gasteiger partial charge in [0.05, 0.1) is 0 Å². The van der Waals surface area contributed by atoms with Gasteiger partial charge in [-0.05, 0) is 29.2 Å². The van der Waals surface area contributed by atoms with E-state index >= 15 is 0 Å². The average molecular weight is 262 g/mol. The molecule has 2 rings (SSSR count). The summed E-state index contributed by atoms with van der Waals surface area (Å²) >= 11 is 1.50. The number of halogens is 1. The molecule has 0 unspecified atom stereocenters. The van der Waals surface area contributed by atoms with Crippen molar-refractivity contribution < 1.29 is 14.4 Å². The first-order valence-electron chi connectivity index (χ1n) is 5.48. The molecule has 0 amide bonds. The Morgan fingerprint density at radius 2 is 1.83 bits per heavy atom. The van der Waals surface area contributed by atoms with Crippen LogP contribution in [-0.2, 0) is 5.75 Å². The molecule has 0 aliphatic heterocycles. The van der Waals surface area contributed by atoms with Gasteiger partial charge in [0.1, 0.15) is 5.82 Å². The Kier molecular flexibility index (Phi) is 4.41. The highest BCUT2D eigenvalue weighted by atomic mass is 32.2. The summed E-state index contributed by atoms with van der Waals surface area (Å²) in [5, 5.41) is 18.1. The Hall–Kier alpha value is -1.30.